The lowest BCUT2D eigenvalue weighted by molar-refractivity contribution is 0.445. The Balaban J connectivity index is 1.74. The summed E-state index contributed by atoms with van der Waals surface area (Å²) in [6.45, 7) is 7.57. The van der Waals surface area contributed by atoms with E-state index in [0.717, 1.165) is 33.8 Å². The Hall–Kier alpha value is -4.12. The molecule has 0 radical (unpaired) electrons. The van der Waals surface area contributed by atoms with Crippen LogP contribution < -0.4 is 9.64 Å². The molecule has 0 spiro atoms. The first-order chi connectivity index (χ1) is 15.7. The topological polar surface area (TPSA) is 73.2 Å². The fraction of sp³-hybridized carbons (Fsp3) is 0.143. The molecule has 0 aliphatic heterocycles. The minimum atomic E-state index is 0.207. The molecule has 5 heteroatoms. The Morgan fingerprint density at radius 1 is 0.606 bits per heavy atom. The largest absolute Gasteiger partial charge is 0.508 e. The number of phenols is 3. The molecule has 33 heavy (non-hydrogen) atoms. The highest BCUT2D eigenvalue weighted by Gasteiger charge is 2.17. The summed E-state index contributed by atoms with van der Waals surface area (Å²) in [5, 5.41) is 30.0. The smallest absolute Gasteiger partial charge is 0.134 e. The van der Waals surface area contributed by atoms with E-state index in [9.17, 15) is 15.3 Å². The molecule has 0 unspecified atom stereocenters. The van der Waals surface area contributed by atoms with Crippen molar-refractivity contribution in [3.63, 3.8) is 0 Å². The van der Waals surface area contributed by atoms with Crippen molar-refractivity contribution in [2.45, 2.75) is 27.7 Å². The number of benzene rings is 4. The third-order valence-electron chi connectivity index (χ3n) is 5.75. The van der Waals surface area contributed by atoms with Gasteiger partial charge in [-0.25, -0.2) is 0 Å². The zero-order chi connectivity index (χ0) is 23.7. The number of anilines is 3. The van der Waals surface area contributed by atoms with Gasteiger partial charge in [0.2, 0.25) is 0 Å². The quantitative estimate of drug-likeness (QED) is 0.303. The van der Waals surface area contributed by atoms with Gasteiger partial charge in [-0.2, -0.15) is 0 Å². The van der Waals surface area contributed by atoms with Gasteiger partial charge in [-0.05, 0) is 111 Å². The number of aryl methyl sites for hydroxylation is 3. The maximum atomic E-state index is 10.2. The highest BCUT2D eigenvalue weighted by atomic mass is 16.5. The van der Waals surface area contributed by atoms with Crippen molar-refractivity contribution in [3.05, 3.63) is 95.1 Å². The average molecular weight is 442 g/mol. The molecule has 0 aliphatic carbocycles. The van der Waals surface area contributed by atoms with E-state index in [4.69, 9.17) is 4.74 Å². The Morgan fingerprint density at radius 2 is 1.15 bits per heavy atom. The molecule has 3 N–H and O–H groups in total. The summed E-state index contributed by atoms with van der Waals surface area (Å²) >= 11 is 0. The first-order valence-electron chi connectivity index (χ1n) is 10.7. The van der Waals surface area contributed by atoms with Crippen molar-refractivity contribution in [2.75, 3.05) is 4.90 Å². The summed E-state index contributed by atoms with van der Waals surface area (Å²) in [4.78, 5) is 2.08. The van der Waals surface area contributed by atoms with Crippen LogP contribution in [0.15, 0.2) is 72.8 Å². The monoisotopic (exact) mass is 441 g/mol. The van der Waals surface area contributed by atoms with Gasteiger partial charge < -0.3 is 25.0 Å². The van der Waals surface area contributed by atoms with Crippen LogP contribution in [0.5, 0.6) is 28.7 Å². The van der Waals surface area contributed by atoms with E-state index in [0.29, 0.717) is 17.1 Å². The van der Waals surface area contributed by atoms with Crippen LogP contribution >= 0.6 is 0 Å². The van der Waals surface area contributed by atoms with E-state index in [1.807, 2.05) is 76.2 Å². The second-order valence-corrected chi connectivity index (χ2v) is 8.23. The molecule has 4 aromatic carbocycles. The molecule has 4 aromatic rings. The Morgan fingerprint density at radius 3 is 1.67 bits per heavy atom. The van der Waals surface area contributed by atoms with Gasteiger partial charge in [0.05, 0.1) is 0 Å². The van der Waals surface area contributed by atoms with E-state index in [1.54, 1.807) is 24.3 Å². The number of phenolic OH excluding ortho intramolecular Hbond substituents is 3. The van der Waals surface area contributed by atoms with E-state index in [2.05, 4.69) is 4.90 Å². The summed E-state index contributed by atoms with van der Waals surface area (Å²) in [6, 6.07) is 21.9. The molecule has 0 saturated heterocycles. The zero-order valence-corrected chi connectivity index (χ0v) is 19.1. The number of rotatable bonds is 5. The molecular weight excluding hydrogens is 414 g/mol. The second-order valence-electron chi connectivity index (χ2n) is 8.23. The third kappa shape index (κ3) is 4.44. The maximum absolute atomic E-state index is 10.2. The standard InChI is InChI=1S/C28H27NO4/c1-17-5-14-27(20(4)28(17)32)33-24-10-6-21(7-11-24)29(25-12-8-22(30)15-18(25)2)26-13-9-23(31)16-19(26)3/h5-16,30-32H,1-4H3. The van der Waals surface area contributed by atoms with Gasteiger partial charge in [0.25, 0.3) is 0 Å². The minimum absolute atomic E-state index is 0.207. The first-order valence-corrected chi connectivity index (χ1v) is 10.7. The van der Waals surface area contributed by atoms with E-state index in [1.165, 1.54) is 0 Å². The van der Waals surface area contributed by atoms with Gasteiger partial charge in [-0.1, -0.05) is 6.07 Å². The van der Waals surface area contributed by atoms with Crippen LogP contribution in [0.4, 0.5) is 17.1 Å². The Labute approximate surface area is 193 Å². The second kappa shape index (κ2) is 8.79. The molecule has 0 amide bonds. The number of hydrogen-bond acceptors (Lipinski definition) is 5. The average Bonchev–Trinajstić information content (AvgIpc) is 2.78. The van der Waals surface area contributed by atoms with Crippen molar-refractivity contribution in [3.8, 4) is 28.7 Å². The Bertz CT molecular complexity index is 1260. The molecule has 0 saturated carbocycles. The maximum Gasteiger partial charge on any atom is 0.134 e. The summed E-state index contributed by atoms with van der Waals surface area (Å²) in [5.74, 6) is 1.90. The van der Waals surface area contributed by atoms with Crippen LogP contribution in [0.3, 0.4) is 0 Å². The number of nitrogens with zero attached hydrogens (tertiary/aromatic N) is 1. The van der Waals surface area contributed by atoms with Gasteiger partial charge in [0.1, 0.15) is 28.7 Å². The predicted octanol–water partition coefficient (Wildman–Crippen LogP) is 7.30. The predicted molar refractivity (Wildman–Crippen MR) is 132 cm³/mol. The first kappa shape index (κ1) is 22.1. The fourth-order valence-corrected chi connectivity index (χ4v) is 3.91. The number of ether oxygens (including phenoxy) is 1. The highest BCUT2D eigenvalue weighted by molar-refractivity contribution is 5.80. The van der Waals surface area contributed by atoms with E-state index >= 15 is 0 Å². The summed E-state index contributed by atoms with van der Waals surface area (Å²) in [5.41, 5.74) is 6.04. The van der Waals surface area contributed by atoms with Crippen molar-refractivity contribution in [1.82, 2.24) is 0 Å². The molecule has 168 valence electrons. The molecule has 0 aliphatic rings. The summed E-state index contributed by atoms with van der Waals surface area (Å²) in [7, 11) is 0. The molecule has 0 fully saturated rings. The highest BCUT2D eigenvalue weighted by Crippen LogP contribution is 2.41. The summed E-state index contributed by atoms with van der Waals surface area (Å²) in [6.07, 6.45) is 0. The van der Waals surface area contributed by atoms with Crippen LogP contribution in [0.2, 0.25) is 0 Å². The van der Waals surface area contributed by atoms with Gasteiger partial charge in [0.15, 0.2) is 0 Å². The molecule has 0 aromatic heterocycles. The molecule has 0 bridgehead atoms. The van der Waals surface area contributed by atoms with Crippen LogP contribution in [0, 0.1) is 27.7 Å². The van der Waals surface area contributed by atoms with Crippen LogP contribution in [-0.2, 0) is 0 Å². The minimum Gasteiger partial charge on any atom is -0.508 e. The van der Waals surface area contributed by atoms with Gasteiger partial charge in [-0.3, -0.25) is 0 Å². The SMILES string of the molecule is Cc1cc(O)ccc1N(c1ccc(Oc2ccc(C)c(O)c2C)cc1)c1ccc(O)cc1C. The zero-order valence-electron chi connectivity index (χ0n) is 19.1. The molecule has 4 rings (SSSR count). The molecule has 0 heterocycles. The lowest BCUT2D eigenvalue weighted by atomic mass is 10.1. The summed E-state index contributed by atoms with van der Waals surface area (Å²) < 4.78 is 6.03. The normalized spacial score (nSPS) is 10.8. The van der Waals surface area contributed by atoms with E-state index in [-0.39, 0.29) is 17.2 Å². The molecule has 5 nitrogen and oxygen atoms in total. The van der Waals surface area contributed by atoms with Crippen molar-refractivity contribution in [1.29, 1.82) is 0 Å². The number of hydrogen-bond donors (Lipinski definition) is 3. The number of aromatic hydroxyl groups is 3. The third-order valence-corrected chi connectivity index (χ3v) is 5.75. The van der Waals surface area contributed by atoms with Crippen LogP contribution in [0.25, 0.3) is 0 Å². The van der Waals surface area contributed by atoms with Crippen molar-refractivity contribution >= 4 is 17.1 Å². The van der Waals surface area contributed by atoms with Gasteiger partial charge in [0, 0.05) is 22.6 Å². The van der Waals surface area contributed by atoms with Crippen molar-refractivity contribution in [2.24, 2.45) is 0 Å². The fourth-order valence-electron chi connectivity index (χ4n) is 3.91. The van der Waals surface area contributed by atoms with Crippen molar-refractivity contribution < 1.29 is 20.1 Å². The lowest BCUT2D eigenvalue weighted by Crippen LogP contribution is -2.12. The molecular formula is C28H27NO4. The molecule has 0 atom stereocenters. The van der Waals surface area contributed by atoms with Gasteiger partial charge >= 0.3 is 0 Å². The lowest BCUT2D eigenvalue weighted by Gasteiger charge is -2.28. The van der Waals surface area contributed by atoms with Gasteiger partial charge in [-0.15, -0.1) is 0 Å². The van der Waals surface area contributed by atoms with Crippen LogP contribution in [0.1, 0.15) is 22.3 Å². The van der Waals surface area contributed by atoms with E-state index < -0.39 is 0 Å². The van der Waals surface area contributed by atoms with Crippen LogP contribution in [-0.4, -0.2) is 15.3 Å². The Kier molecular flexibility index (Phi) is 5.88.